The largest absolute Gasteiger partial charge is 0.316 e. The van der Waals surface area contributed by atoms with E-state index in [1.165, 1.54) is 0 Å². The van der Waals surface area contributed by atoms with E-state index in [1.807, 2.05) is 11.8 Å². The SMILES string of the molecule is CSC(C)CCNCCS(=O)(=O)C(C)(C)C. The molecule has 1 N–H and O–H groups in total. The van der Waals surface area contributed by atoms with Gasteiger partial charge in [-0.05, 0) is 40.0 Å². The fourth-order valence-electron chi connectivity index (χ4n) is 1.06. The third-order valence-electron chi connectivity index (χ3n) is 2.61. The van der Waals surface area contributed by atoms with Crippen LogP contribution in [0.1, 0.15) is 34.1 Å². The highest BCUT2D eigenvalue weighted by Crippen LogP contribution is 2.15. The Labute approximate surface area is 105 Å². The molecular formula is C11H25NO2S2. The molecule has 0 aliphatic carbocycles. The van der Waals surface area contributed by atoms with Crippen LogP contribution in [0, 0.1) is 0 Å². The molecule has 0 heterocycles. The molecule has 0 bridgehead atoms. The summed E-state index contributed by atoms with van der Waals surface area (Å²) in [4.78, 5) is 0. The van der Waals surface area contributed by atoms with E-state index in [-0.39, 0.29) is 5.75 Å². The first-order chi connectivity index (χ1) is 7.20. The number of sulfone groups is 1. The lowest BCUT2D eigenvalue weighted by Gasteiger charge is -2.19. The van der Waals surface area contributed by atoms with Gasteiger partial charge in [0.1, 0.15) is 0 Å². The van der Waals surface area contributed by atoms with Gasteiger partial charge in [0.25, 0.3) is 0 Å². The Morgan fingerprint density at radius 2 is 1.81 bits per heavy atom. The summed E-state index contributed by atoms with van der Waals surface area (Å²) in [6, 6.07) is 0. The van der Waals surface area contributed by atoms with Crippen LogP contribution in [-0.2, 0) is 9.84 Å². The van der Waals surface area contributed by atoms with Crippen molar-refractivity contribution in [2.24, 2.45) is 0 Å². The van der Waals surface area contributed by atoms with Gasteiger partial charge in [0, 0.05) is 11.8 Å². The van der Waals surface area contributed by atoms with Gasteiger partial charge in [-0.2, -0.15) is 11.8 Å². The molecule has 0 amide bonds. The normalized spacial score (nSPS) is 15.1. The molecular weight excluding hydrogens is 242 g/mol. The molecule has 5 heteroatoms. The van der Waals surface area contributed by atoms with Crippen LogP contribution in [0.2, 0.25) is 0 Å². The summed E-state index contributed by atoms with van der Waals surface area (Å²) in [5, 5.41) is 3.82. The van der Waals surface area contributed by atoms with E-state index in [2.05, 4.69) is 18.5 Å². The van der Waals surface area contributed by atoms with Gasteiger partial charge in [-0.3, -0.25) is 0 Å². The number of hydrogen-bond donors (Lipinski definition) is 1. The van der Waals surface area contributed by atoms with Gasteiger partial charge in [0.2, 0.25) is 0 Å². The Balaban J connectivity index is 3.76. The van der Waals surface area contributed by atoms with Crippen molar-refractivity contribution in [3.05, 3.63) is 0 Å². The van der Waals surface area contributed by atoms with Crippen molar-refractivity contribution < 1.29 is 8.42 Å². The molecule has 16 heavy (non-hydrogen) atoms. The summed E-state index contributed by atoms with van der Waals surface area (Å²) in [5.74, 6) is 0.226. The standard InChI is InChI=1S/C11H25NO2S2/c1-10(15-5)6-7-12-8-9-16(13,14)11(2,3)4/h10,12H,6-9H2,1-5H3. The van der Waals surface area contributed by atoms with Crippen molar-refractivity contribution >= 4 is 21.6 Å². The Morgan fingerprint density at radius 1 is 1.25 bits per heavy atom. The average molecular weight is 267 g/mol. The van der Waals surface area contributed by atoms with Crippen molar-refractivity contribution in [3.63, 3.8) is 0 Å². The van der Waals surface area contributed by atoms with Gasteiger partial charge in [-0.15, -0.1) is 0 Å². The highest BCUT2D eigenvalue weighted by Gasteiger charge is 2.27. The molecule has 0 aromatic carbocycles. The quantitative estimate of drug-likeness (QED) is 0.716. The molecule has 0 radical (unpaired) electrons. The highest BCUT2D eigenvalue weighted by molar-refractivity contribution is 7.99. The summed E-state index contributed by atoms with van der Waals surface area (Å²) in [6.07, 6.45) is 3.17. The first-order valence-corrected chi connectivity index (χ1v) is 8.60. The third-order valence-corrected chi connectivity index (χ3v) is 6.26. The fourth-order valence-corrected chi connectivity index (χ4v) is 2.44. The fraction of sp³-hybridized carbons (Fsp3) is 1.00. The second-order valence-electron chi connectivity index (χ2n) is 5.02. The van der Waals surface area contributed by atoms with Gasteiger partial charge in [0.05, 0.1) is 10.5 Å². The van der Waals surface area contributed by atoms with Crippen molar-refractivity contribution in [3.8, 4) is 0 Å². The summed E-state index contributed by atoms with van der Waals surface area (Å²) < 4.78 is 22.9. The smallest absolute Gasteiger partial charge is 0.156 e. The number of hydrogen-bond acceptors (Lipinski definition) is 4. The number of rotatable bonds is 7. The van der Waals surface area contributed by atoms with Crippen LogP contribution in [0.15, 0.2) is 0 Å². The molecule has 0 saturated carbocycles. The summed E-state index contributed by atoms with van der Waals surface area (Å²) in [7, 11) is -2.97. The van der Waals surface area contributed by atoms with Crippen molar-refractivity contribution in [1.82, 2.24) is 5.32 Å². The lowest BCUT2D eigenvalue weighted by molar-refractivity contribution is 0.555. The molecule has 0 aliphatic heterocycles. The number of thioether (sulfide) groups is 1. The minimum atomic E-state index is -2.97. The molecule has 0 aromatic rings. The Hall–Kier alpha value is 0.260. The molecule has 0 saturated heterocycles. The van der Waals surface area contributed by atoms with Crippen LogP contribution < -0.4 is 5.32 Å². The van der Waals surface area contributed by atoms with Gasteiger partial charge < -0.3 is 5.32 Å². The zero-order valence-electron chi connectivity index (χ0n) is 11.0. The Morgan fingerprint density at radius 3 is 2.25 bits per heavy atom. The maximum atomic E-state index is 11.8. The van der Waals surface area contributed by atoms with Crippen LogP contribution in [0.4, 0.5) is 0 Å². The Kier molecular flexibility index (Phi) is 6.98. The van der Waals surface area contributed by atoms with E-state index in [0.717, 1.165) is 13.0 Å². The van der Waals surface area contributed by atoms with Gasteiger partial charge >= 0.3 is 0 Å². The molecule has 3 nitrogen and oxygen atoms in total. The van der Waals surface area contributed by atoms with Crippen LogP contribution in [-0.4, -0.2) is 43.5 Å². The number of nitrogens with one attached hydrogen (secondary N) is 1. The lowest BCUT2D eigenvalue weighted by Crippen LogP contribution is -2.35. The van der Waals surface area contributed by atoms with Crippen molar-refractivity contribution in [2.75, 3.05) is 25.1 Å². The van der Waals surface area contributed by atoms with E-state index in [4.69, 9.17) is 0 Å². The zero-order chi connectivity index (χ0) is 12.8. The van der Waals surface area contributed by atoms with Crippen LogP contribution >= 0.6 is 11.8 Å². The maximum Gasteiger partial charge on any atom is 0.156 e. The first-order valence-electron chi connectivity index (χ1n) is 5.66. The summed E-state index contributed by atoms with van der Waals surface area (Å²) in [6.45, 7) is 8.87. The monoisotopic (exact) mass is 267 g/mol. The average Bonchev–Trinajstić information content (AvgIpc) is 2.15. The molecule has 1 unspecified atom stereocenters. The van der Waals surface area contributed by atoms with E-state index >= 15 is 0 Å². The molecule has 0 aliphatic rings. The predicted molar refractivity (Wildman–Crippen MR) is 74.0 cm³/mol. The summed E-state index contributed by atoms with van der Waals surface area (Å²) >= 11 is 1.83. The van der Waals surface area contributed by atoms with E-state index in [0.29, 0.717) is 11.8 Å². The minimum Gasteiger partial charge on any atom is -0.316 e. The minimum absolute atomic E-state index is 0.226. The molecule has 0 rings (SSSR count). The molecule has 0 aromatic heterocycles. The summed E-state index contributed by atoms with van der Waals surface area (Å²) in [5.41, 5.74) is 0. The molecule has 0 spiro atoms. The van der Waals surface area contributed by atoms with Crippen LogP contribution in [0.3, 0.4) is 0 Å². The maximum absolute atomic E-state index is 11.8. The van der Waals surface area contributed by atoms with Gasteiger partial charge in [-0.1, -0.05) is 6.92 Å². The third kappa shape index (κ3) is 6.11. The topological polar surface area (TPSA) is 46.2 Å². The molecule has 98 valence electrons. The predicted octanol–water partition coefficient (Wildman–Crippen LogP) is 1.93. The van der Waals surface area contributed by atoms with E-state index in [1.54, 1.807) is 20.8 Å². The molecule has 0 fully saturated rings. The van der Waals surface area contributed by atoms with Gasteiger partial charge in [-0.25, -0.2) is 8.42 Å². The van der Waals surface area contributed by atoms with Crippen molar-refractivity contribution in [1.29, 1.82) is 0 Å². The molecule has 1 atom stereocenters. The van der Waals surface area contributed by atoms with Crippen LogP contribution in [0.5, 0.6) is 0 Å². The lowest BCUT2D eigenvalue weighted by atomic mass is 10.3. The van der Waals surface area contributed by atoms with Gasteiger partial charge in [0.15, 0.2) is 9.84 Å². The van der Waals surface area contributed by atoms with E-state index in [9.17, 15) is 8.42 Å². The Bertz CT molecular complexity index is 281. The first kappa shape index (κ1) is 16.3. The second-order valence-corrected chi connectivity index (χ2v) is 9.15. The zero-order valence-corrected chi connectivity index (χ0v) is 12.7. The second kappa shape index (κ2) is 6.87. The highest BCUT2D eigenvalue weighted by atomic mass is 32.2. The van der Waals surface area contributed by atoms with E-state index < -0.39 is 14.6 Å². The van der Waals surface area contributed by atoms with Crippen LogP contribution in [0.25, 0.3) is 0 Å². The van der Waals surface area contributed by atoms with Crippen molar-refractivity contribution in [2.45, 2.75) is 44.1 Å².